The van der Waals surface area contributed by atoms with Gasteiger partial charge in [-0.2, -0.15) is 0 Å². The van der Waals surface area contributed by atoms with Crippen molar-refractivity contribution in [2.75, 3.05) is 23.3 Å². The lowest BCUT2D eigenvalue weighted by atomic mass is 10.1. The largest absolute Gasteiger partial charge is 0.382 e. The van der Waals surface area contributed by atoms with Crippen LogP contribution >= 0.6 is 15.9 Å². The van der Waals surface area contributed by atoms with Crippen molar-refractivity contribution in [2.24, 2.45) is 0 Å². The van der Waals surface area contributed by atoms with E-state index in [1.54, 1.807) is 6.07 Å². The lowest BCUT2D eigenvalue weighted by Crippen LogP contribution is -2.33. The molecule has 1 aliphatic heterocycles. The van der Waals surface area contributed by atoms with Gasteiger partial charge in [0.15, 0.2) is 0 Å². The SMILES string of the molecule is Fc1ccc(Br)cc1CN1CCNc2ccccc21. The van der Waals surface area contributed by atoms with Crippen LogP contribution < -0.4 is 10.2 Å². The van der Waals surface area contributed by atoms with Crippen LogP contribution in [0.3, 0.4) is 0 Å². The average Bonchev–Trinajstić information content (AvgIpc) is 2.43. The van der Waals surface area contributed by atoms with E-state index >= 15 is 0 Å². The van der Waals surface area contributed by atoms with E-state index in [-0.39, 0.29) is 5.82 Å². The first kappa shape index (κ1) is 12.5. The minimum atomic E-state index is -0.154. The van der Waals surface area contributed by atoms with Gasteiger partial charge in [-0.05, 0) is 30.3 Å². The van der Waals surface area contributed by atoms with Crippen molar-refractivity contribution in [3.63, 3.8) is 0 Å². The fraction of sp³-hybridized carbons (Fsp3) is 0.200. The molecule has 1 N–H and O–H groups in total. The molecular weight excluding hydrogens is 307 g/mol. The third kappa shape index (κ3) is 2.59. The predicted molar refractivity (Wildman–Crippen MR) is 80.1 cm³/mol. The Morgan fingerprint density at radius 3 is 2.95 bits per heavy atom. The molecule has 0 atom stereocenters. The van der Waals surface area contributed by atoms with Crippen LogP contribution in [0.25, 0.3) is 0 Å². The van der Waals surface area contributed by atoms with Gasteiger partial charge >= 0.3 is 0 Å². The molecule has 0 radical (unpaired) electrons. The monoisotopic (exact) mass is 320 g/mol. The van der Waals surface area contributed by atoms with Gasteiger partial charge in [0.2, 0.25) is 0 Å². The van der Waals surface area contributed by atoms with Crippen molar-refractivity contribution in [3.05, 3.63) is 58.3 Å². The minimum Gasteiger partial charge on any atom is -0.382 e. The van der Waals surface area contributed by atoms with Crippen molar-refractivity contribution in [1.29, 1.82) is 0 Å². The molecule has 0 unspecified atom stereocenters. The summed E-state index contributed by atoms with van der Waals surface area (Å²) in [5.74, 6) is -0.154. The first-order valence-electron chi connectivity index (χ1n) is 6.26. The first-order valence-corrected chi connectivity index (χ1v) is 7.05. The molecule has 2 aromatic rings. The average molecular weight is 321 g/mol. The summed E-state index contributed by atoms with van der Waals surface area (Å²) in [7, 11) is 0. The van der Waals surface area contributed by atoms with Crippen molar-refractivity contribution >= 4 is 27.3 Å². The van der Waals surface area contributed by atoms with Crippen LogP contribution in [0.15, 0.2) is 46.9 Å². The van der Waals surface area contributed by atoms with E-state index < -0.39 is 0 Å². The second-order valence-electron chi connectivity index (χ2n) is 4.60. The summed E-state index contributed by atoms with van der Waals surface area (Å²) in [6.45, 7) is 2.35. The van der Waals surface area contributed by atoms with Crippen molar-refractivity contribution in [1.82, 2.24) is 0 Å². The Balaban J connectivity index is 1.90. The summed E-state index contributed by atoms with van der Waals surface area (Å²) >= 11 is 3.40. The van der Waals surface area contributed by atoms with Crippen LogP contribution in [0, 0.1) is 5.82 Å². The summed E-state index contributed by atoms with van der Waals surface area (Å²) in [6, 6.07) is 13.2. The zero-order chi connectivity index (χ0) is 13.2. The third-order valence-corrected chi connectivity index (χ3v) is 3.80. The Bertz CT molecular complexity index is 600. The lowest BCUT2D eigenvalue weighted by molar-refractivity contribution is 0.603. The van der Waals surface area contributed by atoms with Crippen molar-refractivity contribution in [2.45, 2.75) is 6.54 Å². The summed E-state index contributed by atoms with van der Waals surface area (Å²) < 4.78 is 14.7. The maximum atomic E-state index is 13.8. The van der Waals surface area contributed by atoms with Gasteiger partial charge in [-0.1, -0.05) is 28.1 Å². The summed E-state index contributed by atoms with van der Waals surface area (Å²) in [5, 5.41) is 3.36. The maximum Gasteiger partial charge on any atom is 0.128 e. The molecule has 1 aliphatic rings. The number of hydrogen-bond donors (Lipinski definition) is 1. The van der Waals surface area contributed by atoms with Crippen LogP contribution in [0.5, 0.6) is 0 Å². The van der Waals surface area contributed by atoms with Gasteiger partial charge in [0.1, 0.15) is 5.82 Å². The number of fused-ring (bicyclic) bond motifs is 1. The van der Waals surface area contributed by atoms with Gasteiger partial charge in [0, 0.05) is 29.7 Å². The van der Waals surface area contributed by atoms with Crippen molar-refractivity contribution in [3.8, 4) is 0 Å². The summed E-state index contributed by atoms with van der Waals surface area (Å²) in [6.07, 6.45) is 0. The van der Waals surface area contributed by atoms with E-state index in [1.807, 2.05) is 18.2 Å². The zero-order valence-electron chi connectivity index (χ0n) is 10.4. The Hall–Kier alpha value is -1.55. The lowest BCUT2D eigenvalue weighted by Gasteiger charge is -2.32. The Labute approximate surface area is 120 Å². The molecule has 0 aromatic heterocycles. The fourth-order valence-corrected chi connectivity index (χ4v) is 2.79. The molecule has 0 spiro atoms. The Morgan fingerprint density at radius 1 is 1.21 bits per heavy atom. The molecule has 0 saturated heterocycles. The number of nitrogens with zero attached hydrogens (tertiary/aromatic N) is 1. The minimum absolute atomic E-state index is 0.154. The van der Waals surface area contributed by atoms with Crippen LogP contribution in [0.2, 0.25) is 0 Å². The molecule has 1 heterocycles. The molecule has 0 bridgehead atoms. The molecule has 0 saturated carbocycles. The van der Waals surface area contributed by atoms with E-state index in [4.69, 9.17) is 0 Å². The summed E-state index contributed by atoms with van der Waals surface area (Å²) in [4.78, 5) is 2.21. The van der Waals surface area contributed by atoms with Crippen LogP contribution in [0.1, 0.15) is 5.56 Å². The topological polar surface area (TPSA) is 15.3 Å². The van der Waals surface area contributed by atoms with Crippen LogP contribution in [0.4, 0.5) is 15.8 Å². The highest BCUT2D eigenvalue weighted by Gasteiger charge is 2.17. The molecule has 3 rings (SSSR count). The number of nitrogens with one attached hydrogen (secondary N) is 1. The van der Waals surface area contributed by atoms with E-state index in [0.29, 0.717) is 12.1 Å². The highest BCUT2D eigenvalue weighted by molar-refractivity contribution is 9.10. The standard InChI is InChI=1S/C15H14BrFN2/c16-12-5-6-13(17)11(9-12)10-19-8-7-18-14-3-1-2-4-15(14)19/h1-6,9,18H,7-8,10H2. The molecule has 0 aliphatic carbocycles. The first-order chi connectivity index (χ1) is 9.24. The highest BCUT2D eigenvalue weighted by atomic mass is 79.9. The number of anilines is 2. The Morgan fingerprint density at radius 2 is 2.05 bits per heavy atom. The number of halogens is 2. The Kier molecular flexibility index (Phi) is 3.42. The van der Waals surface area contributed by atoms with Crippen LogP contribution in [-0.2, 0) is 6.54 Å². The molecule has 4 heteroatoms. The molecule has 19 heavy (non-hydrogen) atoms. The second kappa shape index (κ2) is 5.21. The molecular formula is C15H14BrFN2. The van der Waals surface area contributed by atoms with Gasteiger partial charge < -0.3 is 10.2 Å². The van der Waals surface area contributed by atoms with Gasteiger partial charge in [-0.25, -0.2) is 4.39 Å². The highest BCUT2D eigenvalue weighted by Crippen LogP contribution is 2.30. The number of para-hydroxylation sites is 2. The fourth-order valence-electron chi connectivity index (χ4n) is 2.38. The van der Waals surface area contributed by atoms with Gasteiger partial charge in [0.25, 0.3) is 0 Å². The number of hydrogen-bond acceptors (Lipinski definition) is 2. The maximum absolute atomic E-state index is 13.8. The van der Waals surface area contributed by atoms with E-state index in [1.165, 1.54) is 6.07 Å². The third-order valence-electron chi connectivity index (χ3n) is 3.31. The van der Waals surface area contributed by atoms with Crippen molar-refractivity contribution < 1.29 is 4.39 Å². The number of rotatable bonds is 2. The quantitative estimate of drug-likeness (QED) is 0.899. The normalized spacial score (nSPS) is 13.9. The molecule has 0 fully saturated rings. The zero-order valence-corrected chi connectivity index (χ0v) is 12.0. The van der Waals surface area contributed by atoms with E-state index in [0.717, 1.165) is 28.9 Å². The van der Waals surface area contributed by atoms with Crippen LogP contribution in [-0.4, -0.2) is 13.1 Å². The molecule has 2 aromatic carbocycles. The molecule has 98 valence electrons. The second-order valence-corrected chi connectivity index (χ2v) is 5.52. The van der Waals surface area contributed by atoms with Gasteiger partial charge in [-0.15, -0.1) is 0 Å². The predicted octanol–water partition coefficient (Wildman–Crippen LogP) is 4.02. The van der Waals surface area contributed by atoms with Gasteiger partial charge in [-0.3, -0.25) is 0 Å². The van der Waals surface area contributed by atoms with E-state index in [9.17, 15) is 4.39 Å². The molecule has 0 amide bonds. The van der Waals surface area contributed by atoms with E-state index in [2.05, 4.69) is 38.3 Å². The smallest absolute Gasteiger partial charge is 0.128 e. The van der Waals surface area contributed by atoms with Gasteiger partial charge in [0.05, 0.1) is 11.4 Å². The summed E-state index contributed by atoms with van der Waals surface area (Å²) in [5.41, 5.74) is 2.96. The molecule has 2 nitrogen and oxygen atoms in total. The number of benzene rings is 2.